The van der Waals surface area contributed by atoms with Gasteiger partial charge >= 0.3 is 0 Å². The van der Waals surface area contributed by atoms with Gasteiger partial charge in [0.15, 0.2) is 0 Å². The second kappa shape index (κ2) is 11.1. The fraction of sp³-hybridized carbons (Fsp3) is 0. The maximum atomic E-state index is 3.63. The summed E-state index contributed by atoms with van der Waals surface area (Å²) in [6.07, 6.45) is 0. The molecule has 0 fully saturated rings. The van der Waals surface area contributed by atoms with Crippen LogP contribution in [0.5, 0.6) is 0 Å². The van der Waals surface area contributed by atoms with Crippen molar-refractivity contribution in [3.8, 4) is 50.2 Å². The predicted molar refractivity (Wildman–Crippen MR) is 190 cm³/mol. The van der Waals surface area contributed by atoms with Crippen LogP contribution in [0.15, 0.2) is 174 Å². The van der Waals surface area contributed by atoms with Gasteiger partial charge in [0.05, 0.1) is 11.0 Å². The van der Waals surface area contributed by atoms with Crippen molar-refractivity contribution in [3.05, 3.63) is 174 Å². The van der Waals surface area contributed by atoms with Crippen LogP contribution in [0.3, 0.4) is 0 Å². The van der Waals surface area contributed by atoms with E-state index in [9.17, 15) is 0 Å². The number of aromatic nitrogens is 1. The molecule has 0 amide bonds. The molecule has 2 heteroatoms. The van der Waals surface area contributed by atoms with Gasteiger partial charge in [-0.15, -0.1) is 0 Å². The summed E-state index contributed by atoms with van der Waals surface area (Å²) in [5.74, 6) is 0. The number of nitrogens with zero attached hydrogens (tertiary/aromatic N) is 1. The molecular weight excluding hydrogens is 598 g/mol. The molecule has 0 saturated heterocycles. The third-order valence-electron chi connectivity index (χ3n) is 8.42. The van der Waals surface area contributed by atoms with Crippen molar-refractivity contribution in [2.24, 2.45) is 0 Å². The fourth-order valence-electron chi connectivity index (χ4n) is 6.31. The van der Waals surface area contributed by atoms with E-state index in [-0.39, 0.29) is 0 Å². The van der Waals surface area contributed by atoms with Gasteiger partial charge in [-0.25, -0.2) is 0 Å². The first-order valence-corrected chi connectivity index (χ1v) is 15.7. The lowest BCUT2D eigenvalue weighted by molar-refractivity contribution is 1.18. The van der Waals surface area contributed by atoms with Crippen molar-refractivity contribution in [2.75, 3.05) is 0 Å². The lowest BCUT2D eigenvalue weighted by Crippen LogP contribution is -1.96. The fourth-order valence-corrected chi connectivity index (χ4v) is 6.71. The van der Waals surface area contributed by atoms with Gasteiger partial charge in [-0.2, -0.15) is 0 Å². The molecule has 208 valence electrons. The second-order valence-corrected chi connectivity index (χ2v) is 12.1. The lowest BCUT2D eigenvalue weighted by Gasteiger charge is -2.14. The zero-order valence-corrected chi connectivity index (χ0v) is 25.6. The second-order valence-electron chi connectivity index (χ2n) is 11.2. The van der Waals surface area contributed by atoms with Crippen LogP contribution < -0.4 is 0 Å². The van der Waals surface area contributed by atoms with Gasteiger partial charge in [0, 0.05) is 20.9 Å². The van der Waals surface area contributed by atoms with Crippen LogP contribution in [-0.2, 0) is 0 Å². The normalized spacial score (nSPS) is 11.3. The number of para-hydroxylation sites is 1. The zero-order valence-electron chi connectivity index (χ0n) is 24.0. The van der Waals surface area contributed by atoms with Gasteiger partial charge in [-0.1, -0.05) is 137 Å². The molecule has 0 aliphatic rings. The van der Waals surface area contributed by atoms with Gasteiger partial charge in [-0.3, -0.25) is 0 Å². The number of hydrogen-bond donors (Lipinski definition) is 0. The van der Waals surface area contributed by atoms with E-state index < -0.39 is 0 Å². The summed E-state index contributed by atoms with van der Waals surface area (Å²) in [6.45, 7) is 0. The molecule has 0 radical (unpaired) electrons. The van der Waals surface area contributed by atoms with E-state index in [2.05, 4.69) is 190 Å². The topological polar surface area (TPSA) is 4.93 Å². The Labute approximate surface area is 265 Å². The third-order valence-corrected chi connectivity index (χ3v) is 8.91. The van der Waals surface area contributed by atoms with Gasteiger partial charge in [0.1, 0.15) is 0 Å². The molecule has 7 aromatic carbocycles. The molecule has 8 aromatic rings. The highest BCUT2D eigenvalue weighted by Gasteiger charge is 2.15. The van der Waals surface area contributed by atoms with Gasteiger partial charge < -0.3 is 4.57 Å². The van der Waals surface area contributed by atoms with Crippen molar-refractivity contribution in [3.63, 3.8) is 0 Å². The summed E-state index contributed by atoms with van der Waals surface area (Å²) in [6, 6.07) is 61.3. The van der Waals surface area contributed by atoms with E-state index in [1.807, 2.05) is 0 Å². The minimum absolute atomic E-state index is 1.08. The molecule has 0 unspecified atom stereocenters. The first-order valence-electron chi connectivity index (χ1n) is 14.9. The number of hydrogen-bond acceptors (Lipinski definition) is 0. The van der Waals surface area contributed by atoms with Gasteiger partial charge in [-0.05, 0) is 93.0 Å². The maximum absolute atomic E-state index is 3.63. The summed E-state index contributed by atoms with van der Waals surface area (Å²) >= 11 is 3.63. The van der Waals surface area contributed by atoms with Crippen LogP contribution in [-0.4, -0.2) is 4.57 Å². The van der Waals surface area contributed by atoms with Crippen LogP contribution in [0.4, 0.5) is 0 Å². The standard InChI is InChI=1S/C42H28BrN/c43-37-18-10-17-33(25-37)31-15-9-16-32(23-31)34-21-22-40-39-19-7-8-20-41(39)44(42(40)28-34)38-26-35(29-11-3-1-4-12-29)24-36(27-38)30-13-5-2-6-14-30/h1-28H. The minimum atomic E-state index is 1.08. The van der Waals surface area contributed by atoms with Crippen LogP contribution in [0.1, 0.15) is 0 Å². The van der Waals surface area contributed by atoms with E-state index in [1.165, 1.54) is 66.3 Å². The van der Waals surface area contributed by atoms with Crippen molar-refractivity contribution in [1.29, 1.82) is 0 Å². The van der Waals surface area contributed by atoms with Crippen molar-refractivity contribution in [2.45, 2.75) is 0 Å². The molecule has 0 aliphatic heterocycles. The Morgan fingerprint density at radius 1 is 0.318 bits per heavy atom. The molecule has 0 saturated carbocycles. The van der Waals surface area contributed by atoms with Crippen LogP contribution in [0.2, 0.25) is 0 Å². The SMILES string of the molecule is Brc1cccc(-c2cccc(-c3ccc4c5ccccc5n(-c5cc(-c6ccccc6)cc(-c6ccccc6)c5)c4c3)c2)c1. The molecule has 1 heterocycles. The smallest absolute Gasteiger partial charge is 0.0547 e. The van der Waals surface area contributed by atoms with E-state index in [1.54, 1.807) is 0 Å². The van der Waals surface area contributed by atoms with Crippen molar-refractivity contribution >= 4 is 37.7 Å². The number of halogens is 1. The zero-order chi connectivity index (χ0) is 29.5. The van der Waals surface area contributed by atoms with Crippen LogP contribution >= 0.6 is 15.9 Å². The van der Waals surface area contributed by atoms with E-state index in [0.717, 1.165) is 10.2 Å². The Morgan fingerprint density at radius 2 is 0.818 bits per heavy atom. The molecule has 0 aliphatic carbocycles. The van der Waals surface area contributed by atoms with Crippen molar-refractivity contribution in [1.82, 2.24) is 4.57 Å². The number of fused-ring (bicyclic) bond motifs is 3. The van der Waals surface area contributed by atoms with Gasteiger partial charge in [0.25, 0.3) is 0 Å². The maximum Gasteiger partial charge on any atom is 0.0547 e. The molecule has 0 N–H and O–H groups in total. The largest absolute Gasteiger partial charge is 0.309 e. The molecule has 0 spiro atoms. The van der Waals surface area contributed by atoms with Gasteiger partial charge in [0.2, 0.25) is 0 Å². The monoisotopic (exact) mass is 625 g/mol. The van der Waals surface area contributed by atoms with E-state index >= 15 is 0 Å². The highest BCUT2D eigenvalue weighted by molar-refractivity contribution is 9.10. The van der Waals surface area contributed by atoms with Crippen molar-refractivity contribution < 1.29 is 0 Å². The minimum Gasteiger partial charge on any atom is -0.309 e. The Balaban J connectivity index is 1.36. The Bertz CT molecular complexity index is 2220. The number of benzene rings is 7. The summed E-state index contributed by atoms with van der Waals surface area (Å²) in [7, 11) is 0. The first kappa shape index (κ1) is 26.4. The summed E-state index contributed by atoms with van der Waals surface area (Å²) in [5, 5.41) is 2.50. The predicted octanol–water partition coefficient (Wildman–Crippen LogP) is 12.2. The Kier molecular flexibility index (Phi) is 6.70. The Hall–Kier alpha value is -5.18. The molecule has 1 aromatic heterocycles. The molecule has 44 heavy (non-hydrogen) atoms. The van der Waals surface area contributed by atoms with E-state index in [4.69, 9.17) is 0 Å². The molecule has 1 nitrogen and oxygen atoms in total. The molecule has 8 rings (SSSR count). The van der Waals surface area contributed by atoms with Crippen LogP contribution in [0.25, 0.3) is 72.0 Å². The Morgan fingerprint density at radius 3 is 1.48 bits per heavy atom. The highest BCUT2D eigenvalue weighted by atomic mass is 79.9. The molecule has 0 atom stereocenters. The average Bonchev–Trinajstić information content (AvgIpc) is 3.43. The molecular formula is C42H28BrN. The lowest BCUT2D eigenvalue weighted by atomic mass is 9.97. The third kappa shape index (κ3) is 4.84. The highest BCUT2D eigenvalue weighted by Crippen LogP contribution is 2.38. The summed E-state index contributed by atoms with van der Waals surface area (Å²) in [5.41, 5.74) is 13.1. The first-order chi connectivity index (χ1) is 21.7. The number of rotatable bonds is 5. The quantitative estimate of drug-likeness (QED) is 0.179. The molecule has 0 bridgehead atoms. The summed E-state index contributed by atoms with van der Waals surface area (Å²) in [4.78, 5) is 0. The summed E-state index contributed by atoms with van der Waals surface area (Å²) < 4.78 is 3.52. The van der Waals surface area contributed by atoms with E-state index in [0.29, 0.717) is 0 Å². The van der Waals surface area contributed by atoms with Crippen LogP contribution in [0, 0.1) is 0 Å². The average molecular weight is 627 g/mol.